The van der Waals surface area contributed by atoms with Gasteiger partial charge in [-0.3, -0.25) is 4.90 Å². The molecule has 0 aliphatic heterocycles. The molecule has 1 aromatic rings. The second-order valence-electron chi connectivity index (χ2n) is 2.90. The first kappa shape index (κ1) is 10.5. The number of rotatable bonds is 3. The molecule has 0 radical (unpaired) electrons. The van der Waals surface area contributed by atoms with E-state index in [0.717, 1.165) is 11.3 Å². The summed E-state index contributed by atoms with van der Waals surface area (Å²) < 4.78 is 0. The van der Waals surface area contributed by atoms with Crippen LogP contribution in [0.25, 0.3) is 0 Å². The van der Waals surface area contributed by atoms with Crippen LogP contribution in [0.2, 0.25) is 0 Å². The van der Waals surface area contributed by atoms with Gasteiger partial charge in [-0.2, -0.15) is 0 Å². The summed E-state index contributed by atoms with van der Waals surface area (Å²) in [4.78, 5) is 12.1. The van der Waals surface area contributed by atoms with Gasteiger partial charge >= 0.3 is 6.03 Å². The van der Waals surface area contributed by atoms with Gasteiger partial charge in [-0.25, -0.2) is 10.3 Å². The molecule has 0 unspecified atom stereocenters. The van der Waals surface area contributed by atoms with Gasteiger partial charge in [-0.1, -0.05) is 12.1 Å². The molecule has 76 valence electrons. The van der Waals surface area contributed by atoms with Crippen molar-refractivity contribution in [2.45, 2.75) is 6.54 Å². The Bertz CT molecular complexity index is 310. The third kappa shape index (κ3) is 2.45. The van der Waals surface area contributed by atoms with E-state index in [9.17, 15) is 4.79 Å². The molecule has 14 heavy (non-hydrogen) atoms. The van der Waals surface area contributed by atoms with E-state index in [1.807, 2.05) is 0 Å². The lowest BCUT2D eigenvalue weighted by Crippen LogP contribution is -2.31. The Morgan fingerprint density at radius 2 is 2.07 bits per heavy atom. The van der Waals surface area contributed by atoms with Crippen LogP contribution in [0.4, 0.5) is 10.5 Å². The Morgan fingerprint density at radius 1 is 1.50 bits per heavy atom. The summed E-state index contributed by atoms with van der Waals surface area (Å²) in [6.07, 6.45) is 0. The Morgan fingerprint density at radius 3 is 2.50 bits per heavy atom. The van der Waals surface area contributed by atoms with Gasteiger partial charge in [-0.05, 0) is 17.7 Å². The van der Waals surface area contributed by atoms with E-state index in [1.165, 1.54) is 4.90 Å². The quantitative estimate of drug-likeness (QED) is 0.620. The van der Waals surface area contributed by atoms with Crippen molar-refractivity contribution in [1.29, 1.82) is 0 Å². The second kappa shape index (κ2) is 4.59. The summed E-state index contributed by atoms with van der Waals surface area (Å²) >= 11 is 0. The molecule has 0 bridgehead atoms. The number of hydrogen-bond acceptors (Lipinski definition) is 3. The number of hydroxylamine groups is 1. The molecule has 0 spiro atoms. The zero-order valence-electron chi connectivity index (χ0n) is 7.90. The average Bonchev–Trinajstić information content (AvgIpc) is 2.18. The molecule has 0 atom stereocenters. The third-order valence-corrected chi connectivity index (χ3v) is 1.94. The van der Waals surface area contributed by atoms with Crippen LogP contribution in [0.5, 0.6) is 0 Å². The second-order valence-corrected chi connectivity index (χ2v) is 2.90. The minimum atomic E-state index is -0.502. The Labute approximate surface area is 82.1 Å². The fraction of sp³-hybridized carbons (Fsp3) is 0.222. The van der Waals surface area contributed by atoms with Crippen LogP contribution in [-0.2, 0) is 6.54 Å². The largest absolute Gasteiger partial charge is 0.351 e. The number of nitrogens with zero attached hydrogens (tertiary/aromatic N) is 1. The van der Waals surface area contributed by atoms with Gasteiger partial charge in [0.25, 0.3) is 0 Å². The number of anilines is 1. The average molecular weight is 195 g/mol. The van der Waals surface area contributed by atoms with Crippen molar-refractivity contribution in [2.75, 3.05) is 11.9 Å². The zero-order valence-corrected chi connectivity index (χ0v) is 7.90. The standard InChI is InChI=1S/C9H13N3O2/c1-12(9(10)13)8-4-2-7(3-5-8)6-11-14/h2-5,11,14H,6H2,1H3,(H2,10,13). The molecule has 5 heteroatoms. The van der Waals surface area contributed by atoms with Gasteiger partial charge < -0.3 is 10.9 Å². The fourth-order valence-electron chi connectivity index (χ4n) is 1.06. The van der Waals surface area contributed by atoms with E-state index in [2.05, 4.69) is 5.48 Å². The van der Waals surface area contributed by atoms with Crippen LogP contribution in [0.3, 0.4) is 0 Å². The van der Waals surface area contributed by atoms with Crippen LogP contribution in [0.15, 0.2) is 24.3 Å². The summed E-state index contributed by atoms with van der Waals surface area (Å²) in [5.74, 6) is 0. The van der Waals surface area contributed by atoms with Crippen molar-refractivity contribution >= 4 is 11.7 Å². The smallest absolute Gasteiger partial charge is 0.318 e. The summed E-state index contributed by atoms with van der Waals surface area (Å²) in [5, 5.41) is 8.45. The van der Waals surface area contributed by atoms with Crippen molar-refractivity contribution < 1.29 is 10.0 Å². The van der Waals surface area contributed by atoms with E-state index in [-0.39, 0.29) is 0 Å². The predicted octanol–water partition coefficient (Wildman–Crippen LogP) is 0.680. The monoisotopic (exact) mass is 195 g/mol. The van der Waals surface area contributed by atoms with E-state index in [1.54, 1.807) is 31.3 Å². The van der Waals surface area contributed by atoms with E-state index >= 15 is 0 Å². The van der Waals surface area contributed by atoms with Crippen molar-refractivity contribution in [3.8, 4) is 0 Å². The van der Waals surface area contributed by atoms with E-state index in [0.29, 0.717) is 6.54 Å². The summed E-state index contributed by atoms with van der Waals surface area (Å²) in [6.45, 7) is 0.376. The summed E-state index contributed by atoms with van der Waals surface area (Å²) in [6, 6.07) is 6.63. The highest BCUT2D eigenvalue weighted by molar-refractivity contribution is 5.89. The molecule has 0 aliphatic rings. The first-order chi connectivity index (χ1) is 6.65. The molecule has 0 saturated carbocycles. The molecule has 1 aromatic carbocycles. The minimum Gasteiger partial charge on any atom is -0.351 e. The number of hydrogen-bond donors (Lipinski definition) is 3. The number of benzene rings is 1. The van der Waals surface area contributed by atoms with Gasteiger partial charge in [0.1, 0.15) is 0 Å². The number of nitrogens with two attached hydrogens (primary N) is 1. The summed E-state index contributed by atoms with van der Waals surface area (Å²) in [5.41, 5.74) is 8.80. The molecule has 0 aliphatic carbocycles. The molecule has 4 N–H and O–H groups in total. The highest BCUT2D eigenvalue weighted by Gasteiger charge is 2.04. The minimum absolute atomic E-state index is 0.376. The number of nitrogens with one attached hydrogen (secondary N) is 1. The van der Waals surface area contributed by atoms with Crippen LogP contribution < -0.4 is 16.1 Å². The maximum absolute atomic E-state index is 10.8. The first-order valence-corrected chi connectivity index (χ1v) is 4.14. The highest BCUT2D eigenvalue weighted by Crippen LogP contribution is 2.13. The number of primary amides is 1. The number of carbonyl (C=O) groups is 1. The lowest BCUT2D eigenvalue weighted by Gasteiger charge is -2.14. The van der Waals surface area contributed by atoms with Crippen molar-refractivity contribution in [3.05, 3.63) is 29.8 Å². The van der Waals surface area contributed by atoms with Crippen molar-refractivity contribution in [1.82, 2.24) is 5.48 Å². The third-order valence-electron chi connectivity index (χ3n) is 1.94. The topological polar surface area (TPSA) is 78.6 Å². The molecule has 1 rings (SSSR count). The normalized spacial score (nSPS) is 9.86. The van der Waals surface area contributed by atoms with E-state index < -0.39 is 6.03 Å². The Hall–Kier alpha value is -1.59. The number of urea groups is 1. The molecule has 0 heterocycles. The number of amides is 2. The number of carbonyl (C=O) groups excluding carboxylic acids is 1. The fourth-order valence-corrected chi connectivity index (χ4v) is 1.06. The maximum atomic E-state index is 10.8. The highest BCUT2D eigenvalue weighted by atomic mass is 16.5. The summed E-state index contributed by atoms with van der Waals surface area (Å²) in [7, 11) is 1.60. The van der Waals surface area contributed by atoms with Crippen LogP contribution in [0, 0.1) is 0 Å². The molecule has 0 fully saturated rings. The van der Waals surface area contributed by atoms with Gasteiger partial charge in [0, 0.05) is 19.3 Å². The van der Waals surface area contributed by atoms with Crippen LogP contribution in [-0.4, -0.2) is 18.3 Å². The molecule has 2 amide bonds. The van der Waals surface area contributed by atoms with Crippen molar-refractivity contribution in [3.63, 3.8) is 0 Å². The lowest BCUT2D eigenvalue weighted by molar-refractivity contribution is 0.161. The van der Waals surface area contributed by atoms with E-state index in [4.69, 9.17) is 10.9 Å². The lowest BCUT2D eigenvalue weighted by atomic mass is 10.2. The Balaban J connectivity index is 2.77. The van der Waals surface area contributed by atoms with Gasteiger partial charge in [0.2, 0.25) is 0 Å². The Kier molecular flexibility index (Phi) is 3.44. The van der Waals surface area contributed by atoms with Gasteiger partial charge in [0.05, 0.1) is 0 Å². The van der Waals surface area contributed by atoms with Crippen molar-refractivity contribution in [2.24, 2.45) is 5.73 Å². The molecule has 0 saturated heterocycles. The molecular formula is C9H13N3O2. The zero-order chi connectivity index (χ0) is 10.6. The predicted molar refractivity (Wildman–Crippen MR) is 53.1 cm³/mol. The first-order valence-electron chi connectivity index (χ1n) is 4.14. The van der Waals surface area contributed by atoms with Crippen LogP contribution >= 0.6 is 0 Å². The molecule has 0 aromatic heterocycles. The van der Waals surface area contributed by atoms with Gasteiger partial charge in [0.15, 0.2) is 0 Å². The molecular weight excluding hydrogens is 182 g/mol. The van der Waals surface area contributed by atoms with Crippen LogP contribution in [0.1, 0.15) is 5.56 Å². The van der Waals surface area contributed by atoms with Gasteiger partial charge in [-0.15, -0.1) is 0 Å². The molecule has 5 nitrogen and oxygen atoms in total. The SMILES string of the molecule is CN(C(N)=O)c1ccc(CNO)cc1. The maximum Gasteiger partial charge on any atom is 0.318 e.